The fraction of sp³-hybridized carbons (Fsp3) is 0.469. The number of sulfonamides is 1. The standard InChI is InChI=1S/C32H41N3O3S2/c1-23-6-8-25(9-7-23)31-28-16-21-39-29(28)14-17-33(31)18-15-30(36)34-19-20-35(24(2)22-34)40(37,38)27-12-10-26(11-13-27)32(3,4)5/h6-13,16,21,24,31H,14-15,17-20,22H2,1-5H3/t24-,31+/m0/s1. The maximum Gasteiger partial charge on any atom is 0.243 e. The van der Waals surface area contributed by atoms with Crippen molar-refractivity contribution >= 4 is 27.3 Å². The first-order valence-electron chi connectivity index (χ1n) is 14.2. The number of benzene rings is 2. The van der Waals surface area contributed by atoms with Gasteiger partial charge >= 0.3 is 0 Å². The SMILES string of the molecule is Cc1ccc([C@@H]2c3ccsc3CCN2CCC(=O)N2CCN(S(=O)(=O)c3ccc(C(C)(C)C)cc3)[C@@H](C)C2)cc1. The molecule has 0 spiro atoms. The first-order chi connectivity index (χ1) is 18.9. The van der Waals surface area contributed by atoms with Crippen molar-refractivity contribution in [2.24, 2.45) is 0 Å². The van der Waals surface area contributed by atoms with E-state index in [1.807, 2.05) is 35.3 Å². The molecule has 8 heteroatoms. The molecule has 0 radical (unpaired) electrons. The molecule has 214 valence electrons. The second-order valence-electron chi connectivity index (χ2n) is 12.2. The number of rotatable bonds is 6. The lowest BCUT2D eigenvalue weighted by atomic mass is 9.87. The third-order valence-corrected chi connectivity index (χ3v) is 11.3. The molecule has 1 saturated heterocycles. The lowest BCUT2D eigenvalue weighted by Gasteiger charge is -2.40. The van der Waals surface area contributed by atoms with Crippen molar-refractivity contribution in [1.29, 1.82) is 0 Å². The van der Waals surface area contributed by atoms with E-state index in [1.54, 1.807) is 16.4 Å². The van der Waals surface area contributed by atoms with Crippen molar-refractivity contribution in [2.75, 3.05) is 32.7 Å². The summed E-state index contributed by atoms with van der Waals surface area (Å²) in [6.45, 7) is 13.1. The van der Waals surface area contributed by atoms with Crippen LogP contribution in [0.5, 0.6) is 0 Å². The summed E-state index contributed by atoms with van der Waals surface area (Å²) in [5.74, 6) is 0.0946. The van der Waals surface area contributed by atoms with Crippen LogP contribution in [0.3, 0.4) is 0 Å². The number of carbonyl (C=O) groups is 1. The lowest BCUT2D eigenvalue weighted by Crippen LogP contribution is -2.55. The highest BCUT2D eigenvalue weighted by molar-refractivity contribution is 7.89. The summed E-state index contributed by atoms with van der Waals surface area (Å²) >= 11 is 1.82. The Bertz CT molecular complexity index is 1440. The molecule has 0 aliphatic carbocycles. The van der Waals surface area contributed by atoms with Crippen LogP contribution in [0.15, 0.2) is 64.9 Å². The van der Waals surface area contributed by atoms with Gasteiger partial charge in [-0.3, -0.25) is 9.69 Å². The van der Waals surface area contributed by atoms with E-state index in [0.29, 0.717) is 37.5 Å². The summed E-state index contributed by atoms with van der Waals surface area (Å²) in [6, 6.07) is 18.1. The molecular weight excluding hydrogens is 539 g/mol. The van der Waals surface area contributed by atoms with Gasteiger partial charge in [-0.15, -0.1) is 11.3 Å². The van der Waals surface area contributed by atoms with Crippen molar-refractivity contribution in [3.05, 3.63) is 87.1 Å². The van der Waals surface area contributed by atoms with Gasteiger partial charge in [-0.2, -0.15) is 4.31 Å². The zero-order chi connectivity index (χ0) is 28.7. The van der Waals surface area contributed by atoms with Gasteiger partial charge in [0.15, 0.2) is 0 Å². The number of hydrogen-bond donors (Lipinski definition) is 0. The Morgan fingerprint density at radius 1 is 0.975 bits per heavy atom. The molecule has 40 heavy (non-hydrogen) atoms. The summed E-state index contributed by atoms with van der Waals surface area (Å²) in [4.78, 5) is 19.4. The number of fused-ring (bicyclic) bond motifs is 1. The number of thiophene rings is 1. The maximum atomic E-state index is 13.5. The van der Waals surface area contributed by atoms with Gasteiger partial charge in [0.1, 0.15) is 0 Å². The fourth-order valence-electron chi connectivity index (χ4n) is 5.93. The predicted octanol–water partition coefficient (Wildman–Crippen LogP) is 5.61. The Morgan fingerprint density at radius 2 is 1.68 bits per heavy atom. The molecule has 1 aromatic heterocycles. The van der Waals surface area contributed by atoms with E-state index >= 15 is 0 Å². The van der Waals surface area contributed by atoms with Crippen LogP contribution in [0, 0.1) is 6.92 Å². The second kappa shape index (κ2) is 11.4. The van der Waals surface area contributed by atoms with Gasteiger partial charge in [-0.25, -0.2) is 8.42 Å². The van der Waals surface area contributed by atoms with E-state index in [4.69, 9.17) is 0 Å². The van der Waals surface area contributed by atoms with Gasteiger partial charge < -0.3 is 4.90 Å². The van der Waals surface area contributed by atoms with Gasteiger partial charge in [0, 0.05) is 50.1 Å². The van der Waals surface area contributed by atoms with E-state index in [-0.39, 0.29) is 23.4 Å². The van der Waals surface area contributed by atoms with E-state index in [1.165, 1.54) is 21.6 Å². The molecule has 0 saturated carbocycles. The number of hydrogen-bond acceptors (Lipinski definition) is 5. The van der Waals surface area contributed by atoms with Crippen LogP contribution in [-0.2, 0) is 26.7 Å². The van der Waals surface area contributed by atoms with Crippen LogP contribution in [-0.4, -0.2) is 67.2 Å². The van der Waals surface area contributed by atoms with Gasteiger partial charge in [-0.05, 0) is 66.0 Å². The lowest BCUT2D eigenvalue weighted by molar-refractivity contribution is -0.133. The molecule has 5 rings (SSSR count). The highest BCUT2D eigenvalue weighted by Gasteiger charge is 2.36. The van der Waals surface area contributed by atoms with Crippen LogP contribution in [0.2, 0.25) is 0 Å². The second-order valence-corrected chi connectivity index (χ2v) is 15.1. The minimum Gasteiger partial charge on any atom is -0.340 e. The molecule has 1 amide bonds. The van der Waals surface area contributed by atoms with Crippen LogP contribution < -0.4 is 0 Å². The Labute approximate surface area is 243 Å². The molecule has 3 aromatic rings. The number of amides is 1. The molecular formula is C32H41N3O3S2. The first-order valence-corrected chi connectivity index (χ1v) is 16.5. The Morgan fingerprint density at radius 3 is 2.33 bits per heavy atom. The zero-order valence-electron chi connectivity index (χ0n) is 24.3. The maximum absolute atomic E-state index is 13.5. The normalized spacial score (nSPS) is 20.9. The van der Waals surface area contributed by atoms with Crippen LogP contribution >= 0.6 is 11.3 Å². The molecule has 3 heterocycles. The zero-order valence-corrected chi connectivity index (χ0v) is 25.9. The fourth-order valence-corrected chi connectivity index (χ4v) is 8.45. The molecule has 2 aromatic carbocycles. The highest BCUT2D eigenvalue weighted by Crippen LogP contribution is 2.38. The van der Waals surface area contributed by atoms with Gasteiger partial charge in [0.2, 0.25) is 15.9 Å². The van der Waals surface area contributed by atoms with E-state index in [0.717, 1.165) is 18.5 Å². The van der Waals surface area contributed by atoms with Gasteiger partial charge in [-0.1, -0.05) is 62.7 Å². The van der Waals surface area contributed by atoms with Crippen molar-refractivity contribution < 1.29 is 13.2 Å². The highest BCUT2D eigenvalue weighted by atomic mass is 32.2. The quantitative estimate of drug-likeness (QED) is 0.381. The summed E-state index contributed by atoms with van der Waals surface area (Å²) in [5.41, 5.74) is 4.92. The van der Waals surface area contributed by atoms with E-state index in [9.17, 15) is 13.2 Å². The molecule has 0 bridgehead atoms. The smallest absolute Gasteiger partial charge is 0.243 e. The molecule has 0 unspecified atom stereocenters. The Balaban J connectivity index is 1.22. The van der Waals surface area contributed by atoms with E-state index < -0.39 is 10.0 Å². The molecule has 2 atom stereocenters. The summed E-state index contributed by atoms with van der Waals surface area (Å²) in [7, 11) is -3.63. The number of carbonyl (C=O) groups excluding carboxylic acids is 1. The van der Waals surface area contributed by atoms with Gasteiger partial charge in [0.25, 0.3) is 0 Å². The average molecular weight is 580 g/mol. The first kappa shape index (κ1) is 29.0. The van der Waals surface area contributed by atoms with E-state index in [2.05, 4.69) is 68.3 Å². The van der Waals surface area contributed by atoms with Crippen molar-refractivity contribution in [3.8, 4) is 0 Å². The monoisotopic (exact) mass is 579 g/mol. The summed E-state index contributed by atoms with van der Waals surface area (Å²) in [5, 5.41) is 2.17. The third kappa shape index (κ3) is 5.91. The van der Waals surface area contributed by atoms with Crippen LogP contribution in [0.1, 0.15) is 67.3 Å². The van der Waals surface area contributed by atoms with Gasteiger partial charge in [0.05, 0.1) is 10.9 Å². The Kier molecular flexibility index (Phi) is 8.26. The number of piperazine rings is 1. The molecule has 2 aliphatic rings. The molecule has 0 N–H and O–H groups in total. The predicted molar refractivity (Wildman–Crippen MR) is 162 cm³/mol. The Hall–Kier alpha value is -2.52. The topological polar surface area (TPSA) is 60.9 Å². The van der Waals surface area contributed by atoms with Crippen molar-refractivity contribution in [1.82, 2.24) is 14.1 Å². The number of nitrogens with zero attached hydrogens (tertiary/aromatic N) is 3. The van der Waals surface area contributed by atoms with Crippen molar-refractivity contribution in [2.45, 2.75) is 69.9 Å². The molecule has 1 fully saturated rings. The average Bonchev–Trinajstić information content (AvgIpc) is 3.40. The van der Waals surface area contributed by atoms with Crippen LogP contribution in [0.25, 0.3) is 0 Å². The minimum atomic E-state index is -3.63. The molecule has 2 aliphatic heterocycles. The van der Waals surface area contributed by atoms with Crippen LogP contribution in [0.4, 0.5) is 0 Å². The largest absolute Gasteiger partial charge is 0.340 e. The summed E-state index contributed by atoms with van der Waals surface area (Å²) in [6.07, 6.45) is 1.43. The minimum absolute atomic E-state index is 0.0398. The number of aryl methyl sites for hydroxylation is 1. The third-order valence-electron chi connectivity index (χ3n) is 8.32. The van der Waals surface area contributed by atoms with Crippen molar-refractivity contribution in [3.63, 3.8) is 0 Å². The summed E-state index contributed by atoms with van der Waals surface area (Å²) < 4.78 is 28.5. The molecule has 6 nitrogen and oxygen atoms in total.